The van der Waals surface area contributed by atoms with E-state index in [0.717, 1.165) is 125 Å². The van der Waals surface area contributed by atoms with E-state index in [1.807, 2.05) is 141 Å². The molecule has 10 aromatic rings. The van der Waals surface area contributed by atoms with Crippen molar-refractivity contribution in [1.29, 1.82) is 16.1 Å². The third kappa shape index (κ3) is 33.9. The molecule has 10 aromatic heterocycles. The van der Waals surface area contributed by atoms with Gasteiger partial charge in [0, 0.05) is 129 Å². The number of esters is 1. The molecule has 0 saturated carbocycles. The Morgan fingerprint density at radius 1 is 0.576 bits per heavy atom. The van der Waals surface area contributed by atoms with Crippen molar-refractivity contribution in [2.45, 2.75) is 119 Å². The molecular weight excluding hydrogens is 1530 g/mol. The highest BCUT2D eigenvalue weighted by atomic mass is 79.9. The van der Waals surface area contributed by atoms with Gasteiger partial charge in [0.05, 0.1) is 42.5 Å². The topological polar surface area (TPSA) is 314 Å². The first-order valence-electron chi connectivity index (χ1n) is 30.2. The van der Waals surface area contributed by atoms with E-state index in [9.17, 15) is 4.79 Å². The molecule has 0 fully saturated rings. The number of carbonyl (C=O) groups excluding carboxylic acids is 1. The number of carbonyl (C=O) groups is 1. The van der Waals surface area contributed by atoms with Gasteiger partial charge in [-0.05, 0) is 221 Å². The number of pyridine rings is 6. The lowest BCUT2D eigenvalue weighted by Gasteiger charge is -2.20. The van der Waals surface area contributed by atoms with E-state index in [-0.39, 0.29) is 34.1 Å². The summed E-state index contributed by atoms with van der Waals surface area (Å²) in [5.41, 5.74) is 9.88. The first-order chi connectivity index (χ1) is 45.9. The van der Waals surface area contributed by atoms with Gasteiger partial charge in [0.2, 0.25) is 5.90 Å². The van der Waals surface area contributed by atoms with Crippen LogP contribution < -0.4 is 5.32 Å². The van der Waals surface area contributed by atoms with Crippen LogP contribution >= 0.6 is 75.5 Å². The standard InChI is InChI=1S/C19H24N6S.C19H28N4O2.C8H7BrN4.C8H10BrN3.C7H7BrN2O.C6H3BrN2.3CH4/c1-14(5-9-19-21-11-17(26-3)12-22-19)4-7-16-8-6-15(10-20-16)18-13-25(2)24-23-18;1-14(7-11-18(24)25-19(2,3)4)6-9-16-10-8-15(12-20-16)17-13-23(5)22-21-17;1-13-5-7(11-12-13)6-2-3-8(9)10-4-6;1-11-5-7(10)6-2-3-8(9)12-4-6;1-11-7(9)5-2-3-6(8)10-4-5;7-6-2-1-5(3-8)4-9-6;;;/h6,8,10-14H,4-5,7,9H2,1-3H3;8,10,12-14H,6-7,9,11H2,1-5H3;2-5H,1H3;2-4,10-11H,5H2,1H3;2-4,9H,1H3;1-2,4H;3*1H4. The van der Waals surface area contributed by atoms with Gasteiger partial charge in [-0.3, -0.25) is 34.2 Å². The minimum Gasteiger partial charge on any atom is -0.481 e. The maximum absolute atomic E-state index is 11.8. The van der Waals surface area contributed by atoms with Crippen LogP contribution in [0.2, 0.25) is 0 Å². The Kier molecular flexibility index (Phi) is 40.5. The Hall–Kier alpha value is -8.27. The number of methoxy groups -OCH3 is 1. The Balaban J connectivity index is 0.000000420. The zero-order valence-electron chi connectivity index (χ0n) is 55.5. The van der Waals surface area contributed by atoms with Crippen LogP contribution in [0.5, 0.6) is 0 Å². The first-order valence-corrected chi connectivity index (χ1v) is 34.6. The van der Waals surface area contributed by atoms with E-state index < -0.39 is 5.60 Å². The molecule has 24 nitrogen and oxygen atoms in total. The van der Waals surface area contributed by atoms with Crippen molar-refractivity contribution < 1.29 is 14.3 Å². The highest BCUT2D eigenvalue weighted by Gasteiger charge is 2.17. The second-order valence-corrected chi connectivity index (χ2v) is 26.7. The summed E-state index contributed by atoms with van der Waals surface area (Å²) in [5, 5.41) is 50.0. The van der Waals surface area contributed by atoms with Crippen molar-refractivity contribution in [3.63, 3.8) is 0 Å². The molecule has 0 aromatic carbocycles. The number of ether oxygens (including phenoxy) is 2. The Labute approximate surface area is 620 Å². The highest BCUT2D eigenvalue weighted by Crippen LogP contribution is 2.22. The van der Waals surface area contributed by atoms with Gasteiger partial charge < -0.3 is 20.2 Å². The summed E-state index contributed by atoms with van der Waals surface area (Å²) in [5.74, 6) is 2.01. The van der Waals surface area contributed by atoms with Crippen molar-refractivity contribution in [3.8, 4) is 39.8 Å². The van der Waals surface area contributed by atoms with Crippen LogP contribution in [-0.4, -0.2) is 135 Å². The second kappa shape index (κ2) is 46.1. The molecule has 10 rings (SSSR count). The minimum absolute atomic E-state index is 0. The van der Waals surface area contributed by atoms with Gasteiger partial charge in [-0.2, -0.15) is 5.26 Å². The van der Waals surface area contributed by atoms with Gasteiger partial charge >= 0.3 is 5.97 Å². The first kappa shape index (κ1) is 86.8. The van der Waals surface area contributed by atoms with Crippen LogP contribution in [0.1, 0.15) is 123 Å². The number of likely N-dealkylation sites (N-methyl/N-ethyl adjacent to an activating group) is 1. The predicted molar refractivity (Wildman–Crippen MR) is 408 cm³/mol. The average molecular weight is 1630 g/mol. The van der Waals surface area contributed by atoms with Crippen molar-refractivity contribution in [2.75, 3.05) is 27.0 Å². The summed E-state index contributed by atoms with van der Waals surface area (Å²) in [6.45, 7) is 10.7. The molecule has 99 heavy (non-hydrogen) atoms. The average Bonchev–Trinajstić information content (AvgIpc) is 1.79. The molecule has 2 unspecified atom stereocenters. The maximum atomic E-state index is 11.8. The number of aryl methyl sites for hydroxylation is 6. The lowest BCUT2D eigenvalue weighted by Crippen LogP contribution is -2.24. The fourth-order valence-electron chi connectivity index (χ4n) is 8.10. The number of hydrogen-bond acceptors (Lipinski definition) is 22. The fraction of sp³-hybridized carbons (Fsp3) is 0.371. The number of nitrogens with zero attached hydrogens (tertiary/aromatic N) is 18. The lowest BCUT2D eigenvalue weighted by molar-refractivity contribution is -0.155. The van der Waals surface area contributed by atoms with Crippen molar-refractivity contribution in [1.82, 2.24) is 90.2 Å². The SMILES string of the molecule is C.C.C.CC(CCC(=O)OC(C)(C)C)CCc1ccc(-c2cn(C)nn2)cn1.CNCC(=N)c1ccc(Br)nc1.COC(=N)c1ccc(Br)nc1.CSc1cnc(CCC(C)CCc2ccc(-c3cn(C)nn3)cn2)nc1.Cn1cc(-c2ccc(Br)nc2)nn1.N#Cc1ccc(Br)nc1. The molecule has 528 valence electrons. The van der Waals surface area contributed by atoms with Gasteiger partial charge in [-0.25, -0.2) is 29.9 Å². The van der Waals surface area contributed by atoms with Crippen LogP contribution in [0, 0.1) is 34.0 Å². The van der Waals surface area contributed by atoms with E-state index in [0.29, 0.717) is 41.6 Å². The van der Waals surface area contributed by atoms with Crippen LogP contribution in [-0.2, 0) is 54.7 Å². The smallest absolute Gasteiger partial charge is 0.306 e. The molecule has 2 atom stereocenters. The van der Waals surface area contributed by atoms with Crippen LogP contribution in [0.15, 0.2) is 164 Å². The summed E-state index contributed by atoms with van der Waals surface area (Å²) in [4.78, 5) is 46.7. The largest absolute Gasteiger partial charge is 0.481 e. The van der Waals surface area contributed by atoms with E-state index >= 15 is 0 Å². The number of halogens is 4. The molecule has 0 spiro atoms. The fourth-order valence-corrected chi connectivity index (χ4v) is 9.36. The Morgan fingerprint density at radius 2 is 0.990 bits per heavy atom. The summed E-state index contributed by atoms with van der Waals surface area (Å²) in [6.07, 6.45) is 29.0. The number of thioether (sulfide) groups is 1. The van der Waals surface area contributed by atoms with E-state index in [4.69, 9.17) is 25.6 Å². The molecule has 0 amide bonds. The molecule has 0 aliphatic carbocycles. The predicted octanol–water partition coefficient (Wildman–Crippen LogP) is 15.7. The number of hydrogen-bond donors (Lipinski definition) is 3. The molecule has 0 radical (unpaired) electrons. The zero-order chi connectivity index (χ0) is 70.0. The number of aromatic nitrogens is 17. The summed E-state index contributed by atoms with van der Waals surface area (Å²) in [7, 11) is 8.83. The van der Waals surface area contributed by atoms with Crippen LogP contribution in [0.25, 0.3) is 33.8 Å². The molecule has 0 bridgehead atoms. The van der Waals surface area contributed by atoms with Crippen molar-refractivity contribution >= 4 is 93.1 Å². The third-order valence-corrected chi connectivity index (χ3v) is 15.9. The molecule has 10 heterocycles. The monoisotopic (exact) mass is 1620 g/mol. The number of nitrogens with one attached hydrogen (secondary N) is 3. The molecular formula is C70H91Br4N21O3S. The van der Waals surface area contributed by atoms with Crippen molar-refractivity contribution in [2.24, 2.45) is 33.0 Å². The normalized spacial score (nSPS) is 10.8. The Morgan fingerprint density at radius 3 is 1.34 bits per heavy atom. The minimum atomic E-state index is -0.408. The van der Waals surface area contributed by atoms with Gasteiger partial charge in [0.1, 0.15) is 53.0 Å². The van der Waals surface area contributed by atoms with Gasteiger partial charge in [0.25, 0.3) is 0 Å². The number of rotatable bonds is 20. The quantitative estimate of drug-likeness (QED) is 0.0210. The van der Waals surface area contributed by atoms with Gasteiger partial charge in [-0.15, -0.1) is 27.1 Å². The van der Waals surface area contributed by atoms with Crippen molar-refractivity contribution in [3.05, 3.63) is 193 Å². The third-order valence-electron chi connectivity index (χ3n) is 13.4. The van der Waals surface area contributed by atoms with E-state index in [1.165, 1.54) is 13.3 Å². The van der Waals surface area contributed by atoms with Gasteiger partial charge in [0.15, 0.2) is 0 Å². The second-order valence-electron chi connectivity index (χ2n) is 22.5. The molecule has 0 aliphatic rings. The zero-order valence-corrected chi connectivity index (χ0v) is 62.7. The highest BCUT2D eigenvalue weighted by molar-refractivity contribution is 9.11. The molecule has 3 N–H and O–H groups in total. The van der Waals surface area contributed by atoms with Crippen LogP contribution in [0.3, 0.4) is 0 Å². The molecule has 0 saturated heterocycles. The molecule has 0 aliphatic heterocycles. The summed E-state index contributed by atoms with van der Waals surface area (Å²) < 4.78 is 18.2. The molecule has 29 heteroatoms. The van der Waals surface area contributed by atoms with Crippen LogP contribution in [0.4, 0.5) is 0 Å². The summed E-state index contributed by atoms with van der Waals surface area (Å²) in [6, 6.07) is 24.7. The Bertz CT molecular complexity index is 3960. The maximum Gasteiger partial charge on any atom is 0.306 e. The van der Waals surface area contributed by atoms with E-state index in [2.05, 4.69) is 166 Å². The lowest BCUT2D eigenvalue weighted by atomic mass is 9.98. The summed E-state index contributed by atoms with van der Waals surface area (Å²) >= 11 is 14.5. The van der Waals surface area contributed by atoms with E-state index in [1.54, 1.807) is 68.7 Å². The number of nitriles is 1. The van der Waals surface area contributed by atoms with Gasteiger partial charge in [-0.1, -0.05) is 51.8 Å².